The van der Waals surface area contributed by atoms with Crippen molar-refractivity contribution in [2.75, 3.05) is 36.9 Å². The molecule has 0 radical (unpaired) electrons. The lowest BCUT2D eigenvalue weighted by atomic mass is 9.96. The van der Waals surface area contributed by atoms with Crippen LogP contribution in [0.3, 0.4) is 0 Å². The Morgan fingerprint density at radius 1 is 1.23 bits per heavy atom. The molecule has 0 unspecified atom stereocenters. The molecule has 1 saturated carbocycles. The van der Waals surface area contributed by atoms with Crippen LogP contribution in [0.1, 0.15) is 32.1 Å². The van der Waals surface area contributed by atoms with Gasteiger partial charge in [-0.05, 0) is 50.1 Å². The van der Waals surface area contributed by atoms with E-state index in [1.807, 2.05) is 0 Å². The van der Waals surface area contributed by atoms with E-state index < -0.39 is 0 Å². The molecule has 9 heteroatoms. The Balaban J connectivity index is 1.30. The van der Waals surface area contributed by atoms with Gasteiger partial charge in [0, 0.05) is 37.6 Å². The average molecular weight is 443 g/mol. The summed E-state index contributed by atoms with van der Waals surface area (Å²) in [4.78, 5) is 25.9. The highest BCUT2D eigenvalue weighted by atomic mass is 35.5. The van der Waals surface area contributed by atoms with Gasteiger partial charge in [-0.15, -0.1) is 0 Å². The number of ether oxygens (including phenoxy) is 1. The van der Waals surface area contributed by atoms with Crippen molar-refractivity contribution in [2.45, 2.75) is 38.1 Å². The van der Waals surface area contributed by atoms with E-state index in [1.165, 1.54) is 0 Å². The molecule has 2 aromatic rings. The van der Waals surface area contributed by atoms with E-state index in [0.29, 0.717) is 40.1 Å². The number of carbonyl (C=O) groups excluding carboxylic acids is 1. The Morgan fingerprint density at radius 3 is 2.90 bits per heavy atom. The van der Waals surface area contributed by atoms with Crippen LogP contribution in [0, 0.1) is 11.3 Å². The van der Waals surface area contributed by atoms with Gasteiger partial charge in [0.2, 0.25) is 5.91 Å². The summed E-state index contributed by atoms with van der Waals surface area (Å²) in [7, 11) is 0. The Kier molecular flexibility index (Phi) is 5.77. The van der Waals surface area contributed by atoms with E-state index in [2.05, 4.69) is 25.9 Å². The lowest BCUT2D eigenvalue weighted by Crippen LogP contribution is -2.37. The first-order valence-electron chi connectivity index (χ1n) is 11.0. The first kappa shape index (κ1) is 20.6. The minimum absolute atomic E-state index is 0.0232. The molecule has 4 heterocycles. The maximum absolute atomic E-state index is 12.6. The summed E-state index contributed by atoms with van der Waals surface area (Å²) in [5.74, 6) is 1.14. The van der Waals surface area contributed by atoms with Gasteiger partial charge in [-0.25, -0.2) is 9.97 Å². The fraction of sp³-hybridized carbons (Fsp3) is 0.545. The van der Waals surface area contributed by atoms with Crippen molar-refractivity contribution in [3.8, 4) is 11.3 Å². The zero-order chi connectivity index (χ0) is 21.3. The van der Waals surface area contributed by atoms with E-state index in [-0.39, 0.29) is 11.8 Å². The summed E-state index contributed by atoms with van der Waals surface area (Å²) in [5, 5.41) is 10.2. The first-order valence-corrected chi connectivity index (χ1v) is 11.3. The molecule has 2 saturated heterocycles. The average Bonchev–Trinajstić information content (AvgIpc) is 3.46. The molecule has 1 aliphatic carbocycles. The molecule has 2 aliphatic heterocycles. The third-order valence-electron chi connectivity index (χ3n) is 6.69. The molecule has 8 nitrogen and oxygen atoms in total. The van der Waals surface area contributed by atoms with Crippen molar-refractivity contribution in [3.63, 3.8) is 0 Å². The first-order chi connectivity index (χ1) is 15.1. The molecule has 2 atom stereocenters. The Bertz CT molecular complexity index is 959. The third kappa shape index (κ3) is 4.51. The minimum atomic E-state index is -0.0435. The molecule has 5 rings (SSSR count). The molecule has 2 aromatic heterocycles. The molecule has 1 spiro atoms. The zero-order valence-electron chi connectivity index (χ0n) is 17.4. The van der Waals surface area contributed by atoms with Crippen LogP contribution >= 0.6 is 11.6 Å². The van der Waals surface area contributed by atoms with Gasteiger partial charge in [0.1, 0.15) is 11.6 Å². The Morgan fingerprint density at radius 2 is 2.10 bits per heavy atom. The van der Waals surface area contributed by atoms with E-state index in [4.69, 9.17) is 21.3 Å². The minimum Gasteiger partial charge on any atom is -0.381 e. The summed E-state index contributed by atoms with van der Waals surface area (Å²) < 4.78 is 5.50. The van der Waals surface area contributed by atoms with Crippen LogP contribution in [0.15, 0.2) is 24.7 Å². The number of halogens is 1. The van der Waals surface area contributed by atoms with Crippen LogP contribution < -0.4 is 16.0 Å². The lowest BCUT2D eigenvalue weighted by molar-refractivity contribution is -0.120. The molecule has 0 bridgehead atoms. The molecule has 1 amide bonds. The van der Waals surface area contributed by atoms with Gasteiger partial charge in [-0.1, -0.05) is 11.6 Å². The number of hydrogen-bond acceptors (Lipinski definition) is 7. The van der Waals surface area contributed by atoms with Gasteiger partial charge in [0.25, 0.3) is 0 Å². The number of pyridine rings is 1. The van der Waals surface area contributed by atoms with Crippen LogP contribution in [0.2, 0.25) is 5.02 Å². The number of nitrogens with one attached hydrogen (secondary N) is 3. The second-order valence-corrected chi connectivity index (χ2v) is 9.15. The van der Waals surface area contributed by atoms with E-state index in [1.54, 1.807) is 24.7 Å². The molecular formula is C22H27ClN6O2. The second kappa shape index (κ2) is 8.68. The van der Waals surface area contributed by atoms with Crippen LogP contribution in [0.25, 0.3) is 11.3 Å². The molecule has 3 fully saturated rings. The highest BCUT2D eigenvalue weighted by Crippen LogP contribution is 2.54. The van der Waals surface area contributed by atoms with E-state index in [9.17, 15) is 4.79 Å². The van der Waals surface area contributed by atoms with Gasteiger partial charge in [0.15, 0.2) is 0 Å². The van der Waals surface area contributed by atoms with Gasteiger partial charge in [-0.2, -0.15) is 0 Å². The quantitative estimate of drug-likeness (QED) is 0.653. The van der Waals surface area contributed by atoms with Crippen LogP contribution in [-0.4, -0.2) is 53.2 Å². The maximum atomic E-state index is 12.6. The fourth-order valence-electron chi connectivity index (χ4n) is 4.63. The number of nitrogens with zero attached hydrogens (tertiary/aromatic N) is 3. The normalized spacial score (nSPS) is 24.5. The van der Waals surface area contributed by atoms with Crippen molar-refractivity contribution in [3.05, 3.63) is 29.7 Å². The number of anilines is 2. The second-order valence-electron chi connectivity index (χ2n) is 8.75. The van der Waals surface area contributed by atoms with Gasteiger partial charge in [0.05, 0.1) is 29.0 Å². The highest BCUT2D eigenvalue weighted by Gasteiger charge is 2.54. The number of piperidine rings is 1. The Hall–Kier alpha value is -2.29. The number of rotatable bonds is 5. The van der Waals surface area contributed by atoms with Gasteiger partial charge in [-0.3, -0.25) is 9.78 Å². The van der Waals surface area contributed by atoms with Crippen LogP contribution in [-0.2, 0) is 9.53 Å². The van der Waals surface area contributed by atoms with Crippen molar-refractivity contribution >= 4 is 29.1 Å². The molecule has 164 valence electrons. The number of aromatic nitrogens is 3. The summed E-state index contributed by atoms with van der Waals surface area (Å²) in [6.07, 6.45) is 10.2. The zero-order valence-corrected chi connectivity index (χ0v) is 18.1. The van der Waals surface area contributed by atoms with Gasteiger partial charge >= 0.3 is 0 Å². The standard InChI is InChI=1S/C22H27ClN6O2/c23-16-11-26-19(29-21(30)14-2-1-5-24-10-14)8-15(16)17-12-25-13-20(27-17)28-18-9-22(18)3-6-31-7-4-22/h8,11-14,18,24H,1-7,9-10H2,(H,27,28)(H,26,29,30)/t14-,18-/m1/s1. The third-order valence-corrected chi connectivity index (χ3v) is 6.99. The lowest BCUT2D eigenvalue weighted by Gasteiger charge is -2.23. The van der Waals surface area contributed by atoms with E-state index in [0.717, 1.165) is 57.7 Å². The summed E-state index contributed by atoms with van der Waals surface area (Å²) in [6, 6.07) is 2.18. The van der Waals surface area contributed by atoms with Gasteiger partial charge < -0.3 is 20.7 Å². The molecule has 3 aliphatic rings. The highest BCUT2D eigenvalue weighted by molar-refractivity contribution is 6.33. The smallest absolute Gasteiger partial charge is 0.229 e. The van der Waals surface area contributed by atoms with Crippen molar-refractivity contribution in [1.29, 1.82) is 0 Å². The number of hydrogen-bond donors (Lipinski definition) is 3. The SMILES string of the molecule is O=C(Nc1cc(-c2cncc(N[C@@H]3CC34CCOCC4)n2)c(Cl)cn1)[C@@H]1CCCNC1. The summed E-state index contributed by atoms with van der Waals surface area (Å²) >= 11 is 6.42. The molecular weight excluding hydrogens is 416 g/mol. The predicted molar refractivity (Wildman–Crippen MR) is 119 cm³/mol. The topological polar surface area (TPSA) is 101 Å². The van der Waals surface area contributed by atoms with E-state index >= 15 is 0 Å². The number of carbonyl (C=O) groups is 1. The van der Waals surface area contributed by atoms with Crippen LogP contribution in [0.4, 0.5) is 11.6 Å². The number of amides is 1. The molecule has 0 aromatic carbocycles. The largest absolute Gasteiger partial charge is 0.381 e. The van der Waals surface area contributed by atoms with Crippen molar-refractivity contribution < 1.29 is 9.53 Å². The maximum Gasteiger partial charge on any atom is 0.229 e. The van der Waals surface area contributed by atoms with Crippen molar-refractivity contribution in [2.24, 2.45) is 11.3 Å². The van der Waals surface area contributed by atoms with Crippen LogP contribution in [0.5, 0.6) is 0 Å². The monoisotopic (exact) mass is 442 g/mol. The molecule has 3 N–H and O–H groups in total. The summed E-state index contributed by atoms with van der Waals surface area (Å²) in [5.41, 5.74) is 1.69. The predicted octanol–water partition coefficient (Wildman–Crippen LogP) is 3.11. The fourth-order valence-corrected chi connectivity index (χ4v) is 4.83. The van der Waals surface area contributed by atoms with Crippen molar-refractivity contribution in [1.82, 2.24) is 20.3 Å². The summed E-state index contributed by atoms with van der Waals surface area (Å²) in [6.45, 7) is 3.33. The molecule has 31 heavy (non-hydrogen) atoms. The Labute approximate surface area is 186 Å².